The number of carboxylic acid groups (broad SMARTS) is 2. The number of esters is 1. The van der Waals surface area contributed by atoms with Crippen LogP contribution < -0.4 is 16.4 Å². The van der Waals surface area contributed by atoms with Crippen LogP contribution in [0.3, 0.4) is 0 Å². The third-order valence-electron chi connectivity index (χ3n) is 5.30. The van der Waals surface area contributed by atoms with Gasteiger partial charge in [-0.05, 0) is 30.9 Å². The molecule has 3 atom stereocenters. The molecular formula is C24H30N4O9S. The molecule has 0 saturated carbocycles. The highest BCUT2D eigenvalue weighted by atomic mass is 32.2. The van der Waals surface area contributed by atoms with Crippen molar-refractivity contribution >= 4 is 58.2 Å². The van der Waals surface area contributed by atoms with E-state index in [4.69, 9.17) is 10.8 Å². The molecule has 1 heterocycles. The van der Waals surface area contributed by atoms with Gasteiger partial charge in [0.05, 0.1) is 12.4 Å². The third-order valence-corrected chi connectivity index (χ3v) is 6.33. The summed E-state index contributed by atoms with van der Waals surface area (Å²) in [5, 5.41) is 24.3. The largest absolute Gasteiger partial charge is 0.480 e. The predicted octanol–water partition coefficient (Wildman–Crippen LogP) is -0.178. The van der Waals surface area contributed by atoms with Crippen LogP contribution in [0.25, 0.3) is 10.9 Å². The minimum absolute atomic E-state index is 0.0156. The van der Waals surface area contributed by atoms with E-state index in [9.17, 15) is 33.9 Å². The normalized spacial score (nSPS) is 13.2. The molecule has 0 bridgehead atoms. The van der Waals surface area contributed by atoms with Gasteiger partial charge in [-0.2, -0.15) is 11.8 Å². The maximum atomic E-state index is 13.0. The van der Waals surface area contributed by atoms with Gasteiger partial charge in [-0.3, -0.25) is 19.2 Å². The molecule has 0 spiro atoms. The summed E-state index contributed by atoms with van der Waals surface area (Å²) in [7, 11) is 0. The van der Waals surface area contributed by atoms with Crippen LogP contribution in [0.2, 0.25) is 0 Å². The first-order chi connectivity index (χ1) is 18.0. The molecule has 13 nitrogen and oxygen atoms in total. The third kappa shape index (κ3) is 9.52. The van der Waals surface area contributed by atoms with Gasteiger partial charge in [-0.25, -0.2) is 9.59 Å². The Hall–Kier alpha value is -3.91. The Bertz CT molecular complexity index is 1150. The van der Waals surface area contributed by atoms with Crippen molar-refractivity contribution in [3.8, 4) is 0 Å². The van der Waals surface area contributed by atoms with Crippen molar-refractivity contribution in [1.29, 1.82) is 0 Å². The van der Waals surface area contributed by atoms with Crippen molar-refractivity contribution in [3.05, 3.63) is 36.0 Å². The molecule has 0 radical (unpaired) electrons. The van der Waals surface area contributed by atoms with Gasteiger partial charge in [0.1, 0.15) is 18.1 Å². The molecule has 0 aliphatic rings. The molecule has 0 fully saturated rings. The molecule has 38 heavy (non-hydrogen) atoms. The predicted molar refractivity (Wildman–Crippen MR) is 137 cm³/mol. The fourth-order valence-electron chi connectivity index (χ4n) is 3.34. The van der Waals surface area contributed by atoms with E-state index in [1.165, 1.54) is 0 Å². The number of aromatic amines is 1. The summed E-state index contributed by atoms with van der Waals surface area (Å²) < 4.78 is 4.63. The summed E-state index contributed by atoms with van der Waals surface area (Å²) in [4.78, 5) is 74.6. The fourth-order valence-corrected chi connectivity index (χ4v) is 4.23. The van der Waals surface area contributed by atoms with Crippen molar-refractivity contribution < 1.29 is 43.7 Å². The number of benzene rings is 1. The smallest absolute Gasteiger partial charge is 0.375 e. The molecule has 2 amide bonds. The average Bonchev–Trinajstić information content (AvgIpc) is 3.28. The summed E-state index contributed by atoms with van der Waals surface area (Å²) in [6.45, 7) is 1.56. The molecule has 1 aromatic carbocycles. The van der Waals surface area contributed by atoms with Gasteiger partial charge >= 0.3 is 17.9 Å². The second-order valence-electron chi connectivity index (χ2n) is 8.25. The molecule has 206 valence electrons. The van der Waals surface area contributed by atoms with Crippen molar-refractivity contribution in [3.63, 3.8) is 0 Å². The number of nitrogens with two attached hydrogens (primary N) is 1. The number of aliphatic carboxylic acids is 2. The van der Waals surface area contributed by atoms with Gasteiger partial charge in [0.25, 0.3) is 0 Å². The number of amides is 2. The Morgan fingerprint density at radius 1 is 1.05 bits per heavy atom. The van der Waals surface area contributed by atoms with E-state index in [-0.39, 0.29) is 37.4 Å². The molecule has 14 heteroatoms. The number of carboxylic acids is 2. The zero-order chi connectivity index (χ0) is 28.2. The zero-order valence-corrected chi connectivity index (χ0v) is 21.4. The topological polar surface area (TPSA) is 218 Å². The van der Waals surface area contributed by atoms with E-state index >= 15 is 0 Å². The van der Waals surface area contributed by atoms with Crippen LogP contribution >= 0.6 is 11.8 Å². The second kappa shape index (κ2) is 14.7. The van der Waals surface area contributed by atoms with E-state index in [1.54, 1.807) is 13.0 Å². The first kappa shape index (κ1) is 30.3. The highest BCUT2D eigenvalue weighted by Crippen LogP contribution is 2.16. The number of carbonyl (C=O) groups excluding carboxylic acids is 4. The average molecular weight is 551 g/mol. The fraction of sp³-hybridized carbons (Fsp3) is 0.417. The number of aromatic nitrogens is 1. The number of nitrogens with one attached hydrogen (secondary N) is 3. The number of para-hydroxylation sites is 1. The van der Waals surface area contributed by atoms with Crippen LogP contribution in [0.5, 0.6) is 0 Å². The molecule has 2 aromatic rings. The lowest BCUT2D eigenvalue weighted by Gasteiger charge is -2.21. The van der Waals surface area contributed by atoms with Gasteiger partial charge in [0, 0.05) is 29.8 Å². The van der Waals surface area contributed by atoms with Gasteiger partial charge in [0.15, 0.2) is 0 Å². The number of hydrogen-bond acceptors (Lipinski definition) is 9. The van der Waals surface area contributed by atoms with Crippen molar-refractivity contribution in [2.24, 2.45) is 5.73 Å². The maximum Gasteiger partial charge on any atom is 0.375 e. The van der Waals surface area contributed by atoms with E-state index < -0.39 is 53.6 Å². The number of thioether (sulfide) groups is 1. The van der Waals surface area contributed by atoms with Gasteiger partial charge in [-0.15, -0.1) is 0 Å². The van der Waals surface area contributed by atoms with Crippen LogP contribution in [-0.4, -0.2) is 86.9 Å². The minimum Gasteiger partial charge on any atom is -0.480 e. The monoisotopic (exact) mass is 550 g/mol. The van der Waals surface area contributed by atoms with Gasteiger partial charge < -0.3 is 36.3 Å². The number of Topliss-reactive ketones (excluding diaryl/α,β-unsaturated/α-hetero) is 1. The summed E-state index contributed by atoms with van der Waals surface area (Å²) in [5.41, 5.74) is 6.77. The Morgan fingerprint density at radius 3 is 2.39 bits per heavy atom. The number of rotatable bonds is 16. The molecule has 0 saturated heterocycles. The summed E-state index contributed by atoms with van der Waals surface area (Å²) in [6, 6.07) is 5.17. The standard InChI is InChI=1S/C24H30N4O9S/c1-2-37-24(36)19(29)12-38-11-18(27-20(30)8-7-15(25)22(32)33)21(31)28-17(23(34)35)10-14-9-13-5-3-4-6-16(13)26-14/h3-6,9,15,17-18,26H,2,7-8,10-12,25H2,1H3,(H,27,30)(H,28,31)(H,32,33)(H,34,35). The number of fused-ring (bicyclic) bond motifs is 1. The van der Waals surface area contributed by atoms with Crippen molar-refractivity contribution in [2.45, 2.75) is 44.3 Å². The number of H-pyrrole nitrogens is 1. The number of carbonyl (C=O) groups is 6. The van der Waals surface area contributed by atoms with Gasteiger partial charge in [-0.1, -0.05) is 18.2 Å². The van der Waals surface area contributed by atoms with E-state index in [0.717, 1.165) is 22.7 Å². The van der Waals surface area contributed by atoms with E-state index in [0.29, 0.717) is 5.69 Å². The molecule has 2 rings (SSSR count). The Kier molecular flexibility index (Phi) is 11.8. The minimum atomic E-state index is -1.35. The van der Waals surface area contributed by atoms with E-state index in [2.05, 4.69) is 20.4 Å². The second-order valence-corrected chi connectivity index (χ2v) is 9.28. The van der Waals surface area contributed by atoms with Crippen LogP contribution in [0.1, 0.15) is 25.5 Å². The number of ether oxygens (including phenoxy) is 1. The quantitative estimate of drug-likeness (QED) is 0.119. The SMILES string of the molecule is CCOC(=O)C(=O)CSCC(NC(=O)CCC(N)C(=O)O)C(=O)NC(Cc1cc2ccccc2[nH]1)C(=O)O. The highest BCUT2D eigenvalue weighted by Gasteiger charge is 2.28. The number of hydrogen-bond donors (Lipinski definition) is 6. The molecular weight excluding hydrogens is 520 g/mol. The number of ketones is 1. The molecule has 7 N–H and O–H groups in total. The molecule has 0 aliphatic carbocycles. The van der Waals surface area contributed by atoms with Crippen molar-refractivity contribution in [2.75, 3.05) is 18.1 Å². The summed E-state index contributed by atoms with van der Waals surface area (Å²) in [6.07, 6.45) is -0.568. The van der Waals surface area contributed by atoms with Crippen LogP contribution in [0.15, 0.2) is 30.3 Å². The molecule has 0 aliphatic heterocycles. The molecule has 3 unspecified atom stereocenters. The maximum absolute atomic E-state index is 13.0. The Balaban J connectivity index is 2.08. The molecule has 1 aromatic heterocycles. The van der Waals surface area contributed by atoms with Crippen LogP contribution in [-0.2, 0) is 39.9 Å². The summed E-state index contributed by atoms with van der Waals surface area (Å²) >= 11 is 0.867. The first-order valence-corrected chi connectivity index (χ1v) is 12.8. The lowest BCUT2D eigenvalue weighted by molar-refractivity contribution is -0.152. The van der Waals surface area contributed by atoms with Crippen LogP contribution in [0, 0.1) is 0 Å². The van der Waals surface area contributed by atoms with E-state index in [1.807, 2.05) is 24.3 Å². The lowest BCUT2D eigenvalue weighted by Crippen LogP contribution is -2.53. The van der Waals surface area contributed by atoms with Crippen molar-refractivity contribution in [1.82, 2.24) is 15.6 Å². The first-order valence-electron chi connectivity index (χ1n) is 11.7. The van der Waals surface area contributed by atoms with Gasteiger partial charge in [0.2, 0.25) is 17.6 Å². The lowest BCUT2D eigenvalue weighted by atomic mass is 10.1. The Morgan fingerprint density at radius 2 is 1.76 bits per heavy atom. The highest BCUT2D eigenvalue weighted by molar-refractivity contribution is 8.00. The van der Waals surface area contributed by atoms with Crippen LogP contribution in [0.4, 0.5) is 0 Å². The summed E-state index contributed by atoms with van der Waals surface area (Å²) in [5.74, 6) is -6.50. The zero-order valence-electron chi connectivity index (χ0n) is 20.6. The Labute approximate surface area is 221 Å².